The molecular weight excluding hydrogens is 510 g/mol. The van der Waals surface area contributed by atoms with Gasteiger partial charge in [0.2, 0.25) is 20.7 Å². The number of nitro groups is 1. The summed E-state index contributed by atoms with van der Waals surface area (Å²) in [4.78, 5) is 49.1. The number of ether oxygens (including phenoxy) is 1. The van der Waals surface area contributed by atoms with Crippen LogP contribution in [0.15, 0.2) is 71.6 Å². The zero-order chi connectivity index (χ0) is 26.6. The van der Waals surface area contributed by atoms with E-state index in [4.69, 9.17) is 4.74 Å². The first-order valence-corrected chi connectivity index (χ1v) is 13.4. The van der Waals surface area contributed by atoms with Gasteiger partial charge < -0.3 is 15.0 Å². The predicted octanol–water partition coefficient (Wildman–Crippen LogP) is 2.03. The summed E-state index contributed by atoms with van der Waals surface area (Å²) in [6.07, 6.45) is -0.0436. The Balaban J connectivity index is 1.90. The number of methoxy groups -OCH3 is 1. The van der Waals surface area contributed by atoms with E-state index in [9.17, 15) is 32.9 Å². The Bertz CT molecular complexity index is 1300. The van der Waals surface area contributed by atoms with Crippen LogP contribution >= 0.6 is 10.8 Å². The Morgan fingerprint density at radius 2 is 1.81 bits per heavy atom. The van der Waals surface area contributed by atoms with Gasteiger partial charge in [-0.2, -0.15) is 0 Å². The van der Waals surface area contributed by atoms with Crippen molar-refractivity contribution in [2.75, 3.05) is 7.11 Å². The summed E-state index contributed by atoms with van der Waals surface area (Å²) >= 11 is 0. The van der Waals surface area contributed by atoms with Crippen molar-refractivity contribution in [2.45, 2.75) is 35.7 Å². The van der Waals surface area contributed by atoms with Crippen molar-refractivity contribution in [1.29, 1.82) is 0 Å². The second-order valence-electron chi connectivity index (χ2n) is 7.92. The Hall–Kier alpha value is -3.71. The van der Waals surface area contributed by atoms with Crippen LogP contribution < -0.4 is 5.32 Å². The number of nitrogens with one attached hydrogen (secondary N) is 1. The van der Waals surface area contributed by atoms with Gasteiger partial charge in [0.05, 0.1) is 23.3 Å². The number of nitro benzene ring substituents is 1. The third kappa shape index (κ3) is 5.74. The molecule has 13 heteroatoms. The number of benzene rings is 2. The van der Waals surface area contributed by atoms with Crippen LogP contribution in [0.2, 0.25) is 0 Å². The fourth-order valence-electron chi connectivity index (χ4n) is 3.58. The van der Waals surface area contributed by atoms with E-state index in [2.05, 4.69) is 11.9 Å². The number of amides is 2. The van der Waals surface area contributed by atoms with Crippen molar-refractivity contribution in [3.8, 4) is 0 Å². The van der Waals surface area contributed by atoms with E-state index in [1.54, 1.807) is 30.3 Å². The maximum absolute atomic E-state index is 13.1. The maximum Gasteiger partial charge on any atom is 0.332 e. The van der Waals surface area contributed by atoms with Crippen molar-refractivity contribution in [3.05, 3.63) is 82.4 Å². The van der Waals surface area contributed by atoms with Gasteiger partial charge in [0.1, 0.15) is 11.4 Å². The summed E-state index contributed by atoms with van der Waals surface area (Å²) in [5, 5.41) is 12.3. The summed E-state index contributed by atoms with van der Waals surface area (Å²) in [6.45, 7) is 5.20. The van der Waals surface area contributed by atoms with Gasteiger partial charge in [0.25, 0.3) is 5.69 Å². The molecule has 0 bridgehead atoms. The van der Waals surface area contributed by atoms with E-state index >= 15 is 0 Å². The van der Waals surface area contributed by atoms with Gasteiger partial charge in [-0.05, 0) is 30.2 Å². The molecule has 1 N–H and O–H groups in total. The van der Waals surface area contributed by atoms with Crippen LogP contribution in [0.25, 0.3) is 0 Å². The molecule has 3 rings (SSSR count). The van der Waals surface area contributed by atoms with Crippen LogP contribution in [-0.2, 0) is 34.4 Å². The van der Waals surface area contributed by atoms with Crippen molar-refractivity contribution in [2.24, 2.45) is 0 Å². The lowest BCUT2D eigenvalue weighted by atomic mass is 9.99. The van der Waals surface area contributed by atoms with Gasteiger partial charge in [-0.3, -0.25) is 19.7 Å². The number of carbonyl (C=O) groups is 3. The first-order chi connectivity index (χ1) is 17.0. The van der Waals surface area contributed by atoms with Gasteiger partial charge in [-0.1, -0.05) is 36.9 Å². The molecule has 0 aliphatic carbocycles. The number of non-ortho nitro benzene ring substituents is 1. The lowest BCUT2D eigenvalue weighted by Crippen LogP contribution is -2.73. The zero-order valence-electron chi connectivity index (χ0n) is 19.3. The molecule has 1 saturated heterocycles. The van der Waals surface area contributed by atoms with Gasteiger partial charge in [-0.15, -0.1) is 0 Å². The molecule has 1 fully saturated rings. The van der Waals surface area contributed by atoms with E-state index in [-0.39, 0.29) is 22.6 Å². The number of likely N-dealkylation sites (tertiary alicyclic amines) is 1. The monoisotopic (exact) mass is 533 g/mol. The first kappa shape index (κ1) is 26.9. The highest BCUT2D eigenvalue weighted by Crippen LogP contribution is 2.40. The molecule has 190 valence electrons. The Labute approximate surface area is 211 Å². The van der Waals surface area contributed by atoms with E-state index in [0.717, 1.165) is 36.3 Å². The lowest BCUT2D eigenvalue weighted by molar-refractivity contribution is -0.384. The normalized spacial score (nSPS) is 18.1. The summed E-state index contributed by atoms with van der Waals surface area (Å²) in [7, 11) is -2.71. The van der Waals surface area contributed by atoms with Crippen LogP contribution in [0.3, 0.4) is 0 Å². The van der Waals surface area contributed by atoms with Gasteiger partial charge in [0, 0.05) is 22.9 Å². The molecule has 3 unspecified atom stereocenters. The summed E-state index contributed by atoms with van der Waals surface area (Å²) in [6, 6.07) is 10.5. The zero-order valence-corrected chi connectivity index (χ0v) is 21.0. The molecule has 2 aromatic carbocycles. The molecule has 0 saturated carbocycles. The molecule has 11 nitrogen and oxygen atoms in total. The summed E-state index contributed by atoms with van der Waals surface area (Å²) in [5.74, 6) is -2.00. The predicted molar refractivity (Wildman–Crippen MR) is 131 cm³/mol. The quantitative estimate of drug-likeness (QED) is 0.121. The van der Waals surface area contributed by atoms with Crippen molar-refractivity contribution in [3.63, 3.8) is 0 Å². The number of esters is 1. The van der Waals surface area contributed by atoms with E-state index in [0.29, 0.717) is 16.4 Å². The second-order valence-corrected chi connectivity index (χ2v) is 11.9. The minimum atomic E-state index is -4.17. The number of nitrogens with zero attached hydrogens (tertiary/aromatic N) is 2. The molecule has 0 spiro atoms. The highest BCUT2D eigenvalue weighted by Gasteiger charge is 2.55. The van der Waals surface area contributed by atoms with Crippen LogP contribution in [0, 0.1) is 10.1 Å². The number of β-lactam (4-membered cyclic amide) rings is 1. The topological polar surface area (TPSA) is 153 Å². The fourth-order valence-corrected chi connectivity index (χ4v) is 7.10. The summed E-state index contributed by atoms with van der Waals surface area (Å²) in [5.41, 5.74) is 0.636. The molecule has 1 heterocycles. The molecule has 2 aromatic rings. The van der Waals surface area contributed by atoms with Crippen LogP contribution in [0.5, 0.6) is 0 Å². The lowest BCUT2D eigenvalue weighted by Gasteiger charge is -2.49. The fraction of sp³-hybridized carbons (Fsp3) is 0.261. The minimum absolute atomic E-state index is 0.0436. The molecule has 1 aliphatic rings. The third-order valence-corrected chi connectivity index (χ3v) is 9.06. The van der Waals surface area contributed by atoms with Crippen LogP contribution in [0.1, 0.15) is 12.5 Å². The van der Waals surface area contributed by atoms with E-state index in [1.807, 2.05) is 0 Å². The van der Waals surface area contributed by atoms with E-state index in [1.165, 1.54) is 6.92 Å². The molecule has 36 heavy (non-hydrogen) atoms. The standard InChI is InChI=1S/C23H23N3O8S2/c1-14(2)20(23(29)34-3)25-21(28)19(24-18(27)13-15-7-5-4-6-8-15)22(25)35-36(32,33)17-11-9-16(10-12-17)26(30)31/h4-12,19-20,22H,1,13H2,2-3H3,(H,24,27). The SMILES string of the molecule is C=C(C)C(C(=O)OC)N1C(=O)C(NC(=O)Cc2ccccc2)C1SS(=O)(=O)c1ccc([N+](=O)[O-])cc1. The first-order valence-electron chi connectivity index (χ1n) is 10.5. The molecule has 1 aliphatic heterocycles. The average molecular weight is 534 g/mol. The second kappa shape index (κ2) is 10.9. The number of rotatable bonds is 10. The molecular formula is C23H23N3O8S2. The number of hydrogen-bond acceptors (Lipinski definition) is 9. The number of carbonyl (C=O) groups excluding carboxylic acids is 3. The molecule has 3 atom stereocenters. The third-order valence-electron chi connectivity index (χ3n) is 5.33. The van der Waals surface area contributed by atoms with Crippen LogP contribution in [-0.4, -0.2) is 60.6 Å². The van der Waals surface area contributed by atoms with Gasteiger partial charge in [-0.25, -0.2) is 13.2 Å². The molecule has 2 amide bonds. The van der Waals surface area contributed by atoms with Crippen molar-refractivity contribution in [1.82, 2.24) is 10.2 Å². The van der Waals surface area contributed by atoms with Gasteiger partial charge >= 0.3 is 5.97 Å². The van der Waals surface area contributed by atoms with Crippen molar-refractivity contribution >= 4 is 43.1 Å². The number of hydrogen-bond donors (Lipinski definition) is 1. The molecule has 0 radical (unpaired) electrons. The smallest absolute Gasteiger partial charge is 0.332 e. The summed E-state index contributed by atoms with van der Waals surface area (Å²) < 4.78 is 31.0. The Morgan fingerprint density at radius 3 is 2.33 bits per heavy atom. The Kier molecular flexibility index (Phi) is 8.15. The van der Waals surface area contributed by atoms with E-state index < -0.39 is 49.0 Å². The average Bonchev–Trinajstić information content (AvgIpc) is 2.85. The maximum atomic E-state index is 13.1. The highest BCUT2D eigenvalue weighted by atomic mass is 33.1. The van der Waals surface area contributed by atoms with Gasteiger partial charge in [0.15, 0.2) is 6.04 Å². The van der Waals surface area contributed by atoms with Crippen molar-refractivity contribution < 1.29 is 32.5 Å². The molecule has 0 aromatic heterocycles. The minimum Gasteiger partial charge on any atom is -0.467 e. The van der Waals surface area contributed by atoms with Crippen LogP contribution in [0.4, 0.5) is 5.69 Å². The largest absolute Gasteiger partial charge is 0.467 e. The Morgan fingerprint density at radius 1 is 1.19 bits per heavy atom. The highest BCUT2D eigenvalue weighted by molar-refractivity contribution is 8.72.